The molecule has 0 radical (unpaired) electrons. The molecule has 0 saturated carbocycles. The van der Waals surface area contributed by atoms with Crippen LogP contribution in [0.15, 0.2) is 83.6 Å². The number of methoxy groups -OCH3 is 2. The van der Waals surface area contributed by atoms with Gasteiger partial charge < -0.3 is 14.6 Å². The number of carbonyl (C=O) groups excluding carboxylic acids is 1. The molecule has 1 aliphatic heterocycles. The van der Waals surface area contributed by atoms with Crippen LogP contribution in [-0.4, -0.2) is 35.9 Å². The maximum absolute atomic E-state index is 13.8. The summed E-state index contributed by atoms with van der Waals surface area (Å²) in [7, 11) is 3.03. The SMILES string of the molecule is COc1cccc(C2C3=C(CCCC3=O)N(c3cc([N+](=O)[O-])ccc3C)C(=N)/C2=C(/O)c2ccccc2)c1OC. The first-order valence-corrected chi connectivity index (χ1v) is 12.9. The van der Waals surface area contributed by atoms with E-state index < -0.39 is 10.8 Å². The Kier molecular flexibility index (Phi) is 7.13. The number of aliphatic hydroxyl groups excluding tert-OH is 1. The average Bonchev–Trinajstić information content (AvgIpc) is 2.96. The van der Waals surface area contributed by atoms with Crippen LogP contribution in [0.3, 0.4) is 0 Å². The number of nitro benzene ring substituents is 1. The van der Waals surface area contributed by atoms with Crippen molar-refractivity contribution in [3.8, 4) is 11.5 Å². The third-order valence-corrected chi connectivity index (χ3v) is 7.45. The monoisotopic (exact) mass is 539 g/mol. The molecule has 3 aromatic carbocycles. The van der Waals surface area contributed by atoms with Crippen molar-refractivity contribution in [3.63, 3.8) is 0 Å². The van der Waals surface area contributed by atoms with Crippen molar-refractivity contribution in [3.05, 3.63) is 110 Å². The van der Waals surface area contributed by atoms with Gasteiger partial charge in [0.25, 0.3) is 5.69 Å². The zero-order valence-corrected chi connectivity index (χ0v) is 22.4. The largest absolute Gasteiger partial charge is 0.507 e. The van der Waals surface area contributed by atoms with Crippen LogP contribution in [0.1, 0.15) is 41.9 Å². The van der Waals surface area contributed by atoms with E-state index in [4.69, 9.17) is 9.47 Å². The highest BCUT2D eigenvalue weighted by atomic mass is 16.6. The van der Waals surface area contributed by atoms with Crippen molar-refractivity contribution in [2.75, 3.05) is 19.1 Å². The molecule has 2 N–H and O–H groups in total. The minimum absolute atomic E-state index is 0.0757. The lowest BCUT2D eigenvalue weighted by Crippen LogP contribution is -2.43. The highest BCUT2D eigenvalue weighted by molar-refractivity contribution is 6.20. The second-order valence-electron chi connectivity index (χ2n) is 9.69. The molecule has 0 saturated heterocycles. The number of non-ortho nitro benzene ring substituents is 1. The zero-order chi connectivity index (χ0) is 28.6. The number of nitrogens with zero attached hydrogens (tertiary/aromatic N) is 2. The number of carbonyl (C=O) groups is 1. The van der Waals surface area contributed by atoms with Gasteiger partial charge in [-0.25, -0.2) is 0 Å². The summed E-state index contributed by atoms with van der Waals surface area (Å²) in [5, 5.41) is 33.0. The second kappa shape index (κ2) is 10.7. The van der Waals surface area contributed by atoms with Gasteiger partial charge in [0.2, 0.25) is 0 Å². The van der Waals surface area contributed by atoms with Crippen molar-refractivity contribution in [1.29, 1.82) is 5.41 Å². The summed E-state index contributed by atoms with van der Waals surface area (Å²) in [6.45, 7) is 1.80. The van der Waals surface area contributed by atoms with E-state index >= 15 is 0 Å². The number of amidine groups is 1. The zero-order valence-electron chi connectivity index (χ0n) is 22.4. The molecule has 0 fully saturated rings. The lowest BCUT2D eigenvalue weighted by Gasteiger charge is -2.42. The van der Waals surface area contributed by atoms with E-state index in [1.165, 1.54) is 26.4 Å². The number of aryl methyl sites for hydroxylation is 1. The second-order valence-corrected chi connectivity index (χ2v) is 9.69. The highest BCUT2D eigenvalue weighted by Crippen LogP contribution is 2.51. The Balaban J connectivity index is 1.89. The Morgan fingerprint density at radius 1 is 1.05 bits per heavy atom. The predicted octanol–water partition coefficient (Wildman–Crippen LogP) is 6.48. The summed E-state index contributed by atoms with van der Waals surface area (Å²) in [5.74, 6) is -0.351. The Morgan fingerprint density at radius 2 is 1.80 bits per heavy atom. The summed E-state index contributed by atoms with van der Waals surface area (Å²) in [6, 6.07) is 18.6. The van der Waals surface area contributed by atoms with Gasteiger partial charge in [-0.1, -0.05) is 48.5 Å². The molecule has 9 nitrogen and oxygen atoms in total. The molecule has 9 heteroatoms. The lowest BCUT2D eigenvalue weighted by molar-refractivity contribution is -0.384. The number of Topliss-reactive ketones (excluding diaryl/α,β-unsaturated/α-hetero) is 1. The Bertz CT molecular complexity index is 1590. The van der Waals surface area contributed by atoms with Crippen molar-refractivity contribution >= 4 is 28.8 Å². The maximum atomic E-state index is 13.8. The third kappa shape index (κ3) is 4.39. The van der Waals surface area contributed by atoms with Gasteiger partial charge in [-0.15, -0.1) is 0 Å². The lowest BCUT2D eigenvalue weighted by atomic mass is 9.73. The van der Waals surface area contributed by atoms with E-state index in [1.54, 1.807) is 60.4 Å². The summed E-state index contributed by atoms with van der Waals surface area (Å²) in [6.07, 6.45) is 1.35. The first-order chi connectivity index (χ1) is 19.3. The summed E-state index contributed by atoms with van der Waals surface area (Å²) in [5.41, 5.74) is 3.22. The number of nitrogens with one attached hydrogen (secondary N) is 1. The summed E-state index contributed by atoms with van der Waals surface area (Å²) >= 11 is 0. The van der Waals surface area contributed by atoms with Gasteiger partial charge in [0.15, 0.2) is 17.3 Å². The number of hydrogen-bond donors (Lipinski definition) is 2. The van der Waals surface area contributed by atoms with Crippen LogP contribution in [0.2, 0.25) is 0 Å². The topological polar surface area (TPSA) is 126 Å². The van der Waals surface area contributed by atoms with E-state index in [-0.39, 0.29) is 28.6 Å². The average molecular weight is 540 g/mol. The van der Waals surface area contributed by atoms with Crippen molar-refractivity contribution in [2.24, 2.45) is 0 Å². The van der Waals surface area contributed by atoms with Gasteiger partial charge in [-0.3, -0.25) is 25.2 Å². The first-order valence-electron chi connectivity index (χ1n) is 12.9. The highest BCUT2D eigenvalue weighted by Gasteiger charge is 2.45. The summed E-state index contributed by atoms with van der Waals surface area (Å²) in [4.78, 5) is 26.6. The third-order valence-electron chi connectivity index (χ3n) is 7.45. The molecule has 40 heavy (non-hydrogen) atoms. The number of ketones is 1. The van der Waals surface area contributed by atoms with E-state index in [2.05, 4.69) is 0 Å². The molecule has 1 heterocycles. The fourth-order valence-corrected chi connectivity index (χ4v) is 5.61. The number of nitro groups is 1. The van der Waals surface area contributed by atoms with Crippen molar-refractivity contribution < 1.29 is 24.3 Å². The smallest absolute Gasteiger partial charge is 0.271 e. The van der Waals surface area contributed by atoms with Crippen LogP contribution in [0.25, 0.3) is 5.76 Å². The molecule has 3 aromatic rings. The van der Waals surface area contributed by atoms with Gasteiger partial charge in [0.05, 0.1) is 30.7 Å². The molecule has 0 aromatic heterocycles. The van der Waals surface area contributed by atoms with Crippen LogP contribution in [-0.2, 0) is 4.79 Å². The van der Waals surface area contributed by atoms with Gasteiger partial charge in [-0.2, -0.15) is 0 Å². The number of allylic oxidation sites excluding steroid dienone is 2. The minimum atomic E-state index is -0.837. The molecular formula is C31H29N3O6. The molecule has 0 amide bonds. The van der Waals surface area contributed by atoms with Crippen molar-refractivity contribution in [2.45, 2.75) is 32.1 Å². The summed E-state index contributed by atoms with van der Waals surface area (Å²) < 4.78 is 11.3. The van der Waals surface area contributed by atoms with E-state index in [0.717, 1.165) is 0 Å². The van der Waals surface area contributed by atoms with Crippen LogP contribution < -0.4 is 14.4 Å². The van der Waals surface area contributed by atoms with Crippen LogP contribution in [0.4, 0.5) is 11.4 Å². The number of hydrogen-bond acceptors (Lipinski definition) is 7. The molecule has 0 spiro atoms. The number of ether oxygens (including phenoxy) is 2. The standard InChI is InChI=1S/C31H29N3O6/c1-18-15-16-20(34(37)38)17-23(18)33-22-12-8-13-24(35)27(22)26(21-11-7-14-25(39-2)30(21)40-3)28(31(33)32)29(36)19-9-5-4-6-10-19/h4-7,9-11,14-17,26,32,36H,8,12-13H2,1-3H3/b29-28+,32-31?. The number of anilines is 1. The van der Waals surface area contributed by atoms with E-state index in [0.29, 0.717) is 64.4 Å². The van der Waals surface area contributed by atoms with Crippen molar-refractivity contribution in [1.82, 2.24) is 0 Å². The Morgan fingerprint density at radius 3 is 2.48 bits per heavy atom. The fraction of sp³-hybridized carbons (Fsp3) is 0.226. The molecule has 2 aliphatic rings. The molecule has 1 unspecified atom stereocenters. The fourth-order valence-electron chi connectivity index (χ4n) is 5.61. The molecule has 1 atom stereocenters. The normalized spacial score (nSPS) is 18.4. The van der Waals surface area contributed by atoms with Crippen LogP contribution in [0, 0.1) is 22.4 Å². The number of para-hydroxylation sites is 1. The predicted molar refractivity (Wildman–Crippen MR) is 152 cm³/mol. The molecule has 5 rings (SSSR count). The van der Waals surface area contributed by atoms with E-state index in [1.807, 2.05) is 6.07 Å². The van der Waals surface area contributed by atoms with Gasteiger partial charge >= 0.3 is 0 Å². The maximum Gasteiger partial charge on any atom is 0.271 e. The Hall–Kier alpha value is -4.92. The van der Waals surface area contributed by atoms with Gasteiger partial charge in [0, 0.05) is 46.5 Å². The first kappa shape index (κ1) is 26.7. The molecule has 0 bridgehead atoms. The molecular weight excluding hydrogens is 510 g/mol. The number of benzene rings is 3. The van der Waals surface area contributed by atoms with Gasteiger partial charge in [-0.05, 0) is 31.4 Å². The quantitative estimate of drug-likeness (QED) is 0.209. The number of rotatable bonds is 6. The molecule has 1 aliphatic carbocycles. The van der Waals surface area contributed by atoms with Crippen LogP contribution >= 0.6 is 0 Å². The van der Waals surface area contributed by atoms with Crippen LogP contribution in [0.5, 0.6) is 11.5 Å². The minimum Gasteiger partial charge on any atom is -0.507 e. The molecule has 204 valence electrons. The van der Waals surface area contributed by atoms with E-state index in [9.17, 15) is 25.4 Å². The Labute approximate surface area is 231 Å². The van der Waals surface area contributed by atoms with Gasteiger partial charge in [0.1, 0.15) is 11.6 Å². The number of aliphatic hydroxyl groups is 1.